The van der Waals surface area contributed by atoms with Crippen LogP contribution < -0.4 is 14.8 Å². The molecule has 0 spiro atoms. The number of hydrogen-bond acceptors (Lipinski definition) is 5. The number of ether oxygens (including phenoxy) is 2. The minimum atomic E-state index is -0.379. The summed E-state index contributed by atoms with van der Waals surface area (Å²) in [5.41, 5.74) is 2.52. The van der Waals surface area contributed by atoms with Crippen LogP contribution in [0.4, 0.5) is 5.95 Å². The lowest BCUT2D eigenvalue weighted by Crippen LogP contribution is -2.39. The van der Waals surface area contributed by atoms with E-state index in [0.717, 1.165) is 18.4 Å². The molecule has 4 aromatic rings. The number of hydrogen-bond donors (Lipinski definition) is 1. The maximum absolute atomic E-state index is 13.4. The molecule has 40 heavy (non-hydrogen) atoms. The Labute approximate surface area is 242 Å². The van der Waals surface area contributed by atoms with Gasteiger partial charge in [0.1, 0.15) is 6.54 Å². The first-order chi connectivity index (χ1) is 19.4. The lowest BCUT2D eigenvalue weighted by molar-refractivity contribution is -0.117. The maximum atomic E-state index is 13.4. The highest BCUT2D eigenvalue weighted by Gasteiger charge is 2.29. The Morgan fingerprint density at radius 2 is 1.73 bits per heavy atom. The number of halogens is 2. The summed E-state index contributed by atoms with van der Waals surface area (Å²) in [4.78, 5) is 33.0. The Balaban J connectivity index is 1.45. The monoisotopic (exact) mass is 578 g/mol. The SMILES string of the molecule is COc1ccc(-n2cc(-c3ccc(Cl)cc3)nc2NC(=O)CN(CC2CC2)C(=O)c2ccccc2Cl)cc1OC. The van der Waals surface area contributed by atoms with Crippen LogP contribution in [-0.4, -0.2) is 53.6 Å². The number of amides is 2. The van der Waals surface area contributed by atoms with Crippen LogP contribution in [0.5, 0.6) is 11.5 Å². The van der Waals surface area contributed by atoms with Crippen LogP contribution in [0.1, 0.15) is 23.2 Å². The predicted octanol–water partition coefficient (Wildman–Crippen LogP) is 6.35. The van der Waals surface area contributed by atoms with Gasteiger partial charge in [-0.3, -0.25) is 19.5 Å². The standard InChI is InChI=1S/C30H28Cl2N4O4/c1-39-26-14-13-22(15-27(26)40-2)36-17-25(20-9-11-21(31)12-10-20)33-30(36)34-28(37)18-35(16-19-7-8-19)29(38)23-5-3-4-6-24(23)32/h3-6,9-15,17,19H,7-8,16,18H2,1-2H3,(H,33,34,37). The molecule has 1 N–H and O–H groups in total. The molecule has 10 heteroatoms. The number of anilines is 1. The summed E-state index contributed by atoms with van der Waals surface area (Å²) in [6.45, 7) is 0.341. The molecule has 1 aromatic heterocycles. The van der Waals surface area contributed by atoms with Crippen molar-refractivity contribution in [1.29, 1.82) is 0 Å². The van der Waals surface area contributed by atoms with Crippen molar-refractivity contribution in [3.8, 4) is 28.4 Å². The quantitative estimate of drug-likeness (QED) is 0.237. The molecule has 0 bridgehead atoms. The minimum absolute atomic E-state index is 0.143. The third-order valence-electron chi connectivity index (χ3n) is 6.64. The highest BCUT2D eigenvalue weighted by molar-refractivity contribution is 6.33. The average molecular weight is 579 g/mol. The summed E-state index contributed by atoms with van der Waals surface area (Å²) in [7, 11) is 3.12. The Kier molecular flexibility index (Phi) is 8.28. The summed E-state index contributed by atoms with van der Waals surface area (Å²) < 4.78 is 12.6. The van der Waals surface area contributed by atoms with Gasteiger partial charge in [0.25, 0.3) is 5.91 Å². The zero-order chi connectivity index (χ0) is 28.2. The molecule has 2 amide bonds. The number of methoxy groups -OCH3 is 2. The molecule has 0 saturated heterocycles. The Morgan fingerprint density at radius 1 is 1.00 bits per heavy atom. The maximum Gasteiger partial charge on any atom is 0.255 e. The number of aromatic nitrogens is 2. The fourth-order valence-electron chi connectivity index (χ4n) is 4.37. The normalized spacial score (nSPS) is 12.6. The average Bonchev–Trinajstić information content (AvgIpc) is 3.69. The van der Waals surface area contributed by atoms with Crippen LogP contribution in [0.15, 0.2) is 72.9 Å². The lowest BCUT2D eigenvalue weighted by atomic mass is 10.2. The van der Waals surface area contributed by atoms with Crippen molar-refractivity contribution in [3.63, 3.8) is 0 Å². The molecule has 3 aromatic carbocycles. The Morgan fingerprint density at radius 3 is 2.40 bits per heavy atom. The lowest BCUT2D eigenvalue weighted by Gasteiger charge is -2.22. The van der Waals surface area contributed by atoms with Gasteiger partial charge in [0, 0.05) is 29.4 Å². The van der Waals surface area contributed by atoms with Gasteiger partial charge in [-0.25, -0.2) is 4.98 Å². The van der Waals surface area contributed by atoms with E-state index in [2.05, 4.69) is 5.32 Å². The van der Waals surface area contributed by atoms with E-state index >= 15 is 0 Å². The molecular weight excluding hydrogens is 551 g/mol. The van der Waals surface area contributed by atoms with Crippen molar-refractivity contribution < 1.29 is 19.1 Å². The molecular formula is C30H28Cl2N4O4. The van der Waals surface area contributed by atoms with E-state index in [1.165, 1.54) is 0 Å². The largest absolute Gasteiger partial charge is 0.493 e. The molecule has 5 rings (SSSR count). The molecule has 0 aliphatic heterocycles. The molecule has 0 radical (unpaired) electrons. The van der Waals surface area contributed by atoms with E-state index < -0.39 is 0 Å². The van der Waals surface area contributed by atoms with Gasteiger partial charge in [0.05, 0.1) is 36.2 Å². The summed E-state index contributed by atoms with van der Waals surface area (Å²) in [6, 6.07) is 19.5. The van der Waals surface area contributed by atoms with Crippen LogP contribution in [0.25, 0.3) is 16.9 Å². The molecule has 1 aliphatic carbocycles. The predicted molar refractivity (Wildman–Crippen MR) is 156 cm³/mol. The topological polar surface area (TPSA) is 85.7 Å². The number of benzene rings is 3. The van der Waals surface area contributed by atoms with E-state index in [4.69, 9.17) is 37.7 Å². The molecule has 8 nitrogen and oxygen atoms in total. The first-order valence-electron chi connectivity index (χ1n) is 12.8. The van der Waals surface area contributed by atoms with Crippen molar-refractivity contribution >= 4 is 41.0 Å². The van der Waals surface area contributed by atoms with Gasteiger partial charge in [0.2, 0.25) is 11.9 Å². The van der Waals surface area contributed by atoms with E-state index in [1.54, 1.807) is 72.2 Å². The molecule has 0 atom stereocenters. The number of carbonyl (C=O) groups excluding carboxylic acids is 2. The number of imidazole rings is 1. The van der Waals surface area contributed by atoms with Crippen LogP contribution in [0.2, 0.25) is 10.0 Å². The fraction of sp³-hybridized carbons (Fsp3) is 0.233. The van der Waals surface area contributed by atoms with Gasteiger partial charge in [0.15, 0.2) is 11.5 Å². The zero-order valence-corrected chi connectivity index (χ0v) is 23.6. The van der Waals surface area contributed by atoms with Crippen LogP contribution in [0.3, 0.4) is 0 Å². The fourth-order valence-corrected chi connectivity index (χ4v) is 4.72. The number of nitrogens with one attached hydrogen (secondary N) is 1. The van der Waals surface area contributed by atoms with Gasteiger partial charge in [-0.1, -0.05) is 47.5 Å². The van der Waals surface area contributed by atoms with Crippen molar-refractivity contribution in [3.05, 3.63) is 88.5 Å². The highest BCUT2D eigenvalue weighted by Crippen LogP contribution is 2.33. The smallest absolute Gasteiger partial charge is 0.255 e. The third kappa shape index (κ3) is 6.24. The molecule has 0 unspecified atom stereocenters. The van der Waals surface area contributed by atoms with Crippen LogP contribution in [0, 0.1) is 5.92 Å². The molecule has 1 heterocycles. The summed E-state index contributed by atoms with van der Waals surface area (Å²) >= 11 is 12.4. The van der Waals surface area contributed by atoms with Crippen molar-refractivity contribution in [2.45, 2.75) is 12.8 Å². The second kappa shape index (κ2) is 12.0. The summed E-state index contributed by atoms with van der Waals surface area (Å²) in [5.74, 6) is 1.11. The molecule has 1 aliphatic rings. The highest BCUT2D eigenvalue weighted by atomic mass is 35.5. The first-order valence-corrected chi connectivity index (χ1v) is 13.5. The van der Waals surface area contributed by atoms with Gasteiger partial charge < -0.3 is 14.4 Å². The van der Waals surface area contributed by atoms with Gasteiger partial charge in [-0.2, -0.15) is 0 Å². The van der Waals surface area contributed by atoms with Gasteiger partial charge >= 0.3 is 0 Å². The van der Waals surface area contributed by atoms with E-state index in [9.17, 15) is 9.59 Å². The van der Waals surface area contributed by atoms with Crippen molar-refractivity contribution in [2.24, 2.45) is 5.92 Å². The first kappa shape index (κ1) is 27.6. The van der Waals surface area contributed by atoms with E-state index in [1.807, 2.05) is 24.4 Å². The minimum Gasteiger partial charge on any atom is -0.493 e. The second-order valence-electron chi connectivity index (χ2n) is 9.52. The van der Waals surface area contributed by atoms with Gasteiger partial charge in [-0.05, 0) is 55.2 Å². The Hall–Kier alpha value is -4.01. The molecule has 206 valence electrons. The van der Waals surface area contributed by atoms with Crippen molar-refractivity contribution in [2.75, 3.05) is 32.6 Å². The van der Waals surface area contributed by atoms with Crippen molar-refractivity contribution in [1.82, 2.24) is 14.5 Å². The molecule has 1 saturated carbocycles. The number of nitrogens with zero attached hydrogens (tertiary/aromatic N) is 3. The Bertz CT molecular complexity index is 1530. The number of carbonyl (C=O) groups is 2. The van der Waals surface area contributed by atoms with Gasteiger partial charge in [-0.15, -0.1) is 0 Å². The second-order valence-corrected chi connectivity index (χ2v) is 10.4. The summed E-state index contributed by atoms with van der Waals surface area (Å²) in [5, 5.41) is 3.87. The van der Waals surface area contributed by atoms with Crippen LogP contribution >= 0.6 is 23.2 Å². The van der Waals surface area contributed by atoms with Crippen LogP contribution in [-0.2, 0) is 4.79 Å². The van der Waals surface area contributed by atoms with E-state index in [0.29, 0.717) is 56.9 Å². The number of rotatable bonds is 10. The van der Waals surface area contributed by atoms with E-state index in [-0.39, 0.29) is 18.4 Å². The third-order valence-corrected chi connectivity index (χ3v) is 7.23. The summed E-state index contributed by atoms with van der Waals surface area (Å²) in [6.07, 6.45) is 3.88. The molecule has 1 fully saturated rings. The zero-order valence-electron chi connectivity index (χ0n) is 22.1.